The molecule has 1 aliphatic rings. The molecular weight excluding hydrogens is 226 g/mol. The summed E-state index contributed by atoms with van der Waals surface area (Å²) in [6.07, 6.45) is 0.765. The van der Waals surface area contributed by atoms with E-state index in [1.165, 1.54) is 7.11 Å². The lowest BCUT2D eigenvalue weighted by atomic mass is 9.80. The summed E-state index contributed by atoms with van der Waals surface area (Å²) in [6, 6.07) is 7.40. The summed E-state index contributed by atoms with van der Waals surface area (Å²) in [7, 11) is 1.43. The van der Waals surface area contributed by atoms with Crippen LogP contribution < -0.4 is 5.32 Å². The monoisotopic (exact) mass is 239 g/mol. The second-order valence-electron chi connectivity index (χ2n) is 4.01. The number of rotatable bonds is 2. The van der Waals surface area contributed by atoms with Gasteiger partial charge >= 0.3 is 5.97 Å². The van der Waals surface area contributed by atoms with Gasteiger partial charge in [0.1, 0.15) is 5.41 Å². The summed E-state index contributed by atoms with van der Waals surface area (Å²) in [4.78, 5) is 11.9. The van der Waals surface area contributed by atoms with E-state index in [1.54, 1.807) is 12.1 Å². The Morgan fingerprint density at radius 3 is 2.62 bits per heavy atom. The molecule has 4 heteroatoms. The highest BCUT2D eigenvalue weighted by molar-refractivity contribution is 6.30. The molecule has 1 heterocycles. The average molecular weight is 240 g/mol. The minimum absolute atomic E-state index is 0.181. The predicted octanol–water partition coefficient (Wildman–Crippen LogP) is 1.74. The standard InChI is InChI=1S/C12H14ClNO2/c1-16-11(15)12(6-7-14-8-12)9-2-4-10(13)5-3-9/h2-5,14H,6-8H2,1H3. The summed E-state index contributed by atoms with van der Waals surface area (Å²) in [5.41, 5.74) is 0.424. The highest BCUT2D eigenvalue weighted by Crippen LogP contribution is 2.32. The summed E-state index contributed by atoms with van der Waals surface area (Å²) >= 11 is 5.85. The zero-order valence-corrected chi connectivity index (χ0v) is 9.88. The maximum Gasteiger partial charge on any atom is 0.317 e. The van der Waals surface area contributed by atoms with E-state index in [4.69, 9.17) is 16.3 Å². The fourth-order valence-electron chi connectivity index (χ4n) is 2.19. The molecule has 1 aromatic rings. The third-order valence-electron chi connectivity index (χ3n) is 3.13. The third kappa shape index (κ3) is 1.81. The zero-order chi connectivity index (χ0) is 11.6. The zero-order valence-electron chi connectivity index (χ0n) is 9.13. The molecule has 0 bridgehead atoms. The van der Waals surface area contributed by atoms with Gasteiger partial charge in [-0.15, -0.1) is 0 Å². The first-order chi connectivity index (χ1) is 7.69. The Kier molecular flexibility index (Phi) is 3.17. The largest absolute Gasteiger partial charge is 0.468 e. The van der Waals surface area contributed by atoms with E-state index in [0.29, 0.717) is 11.6 Å². The topological polar surface area (TPSA) is 38.3 Å². The third-order valence-corrected chi connectivity index (χ3v) is 3.38. The molecule has 16 heavy (non-hydrogen) atoms. The van der Waals surface area contributed by atoms with E-state index in [0.717, 1.165) is 18.5 Å². The number of benzene rings is 1. The van der Waals surface area contributed by atoms with E-state index in [1.807, 2.05) is 12.1 Å². The molecule has 1 atom stereocenters. The van der Waals surface area contributed by atoms with Crippen molar-refractivity contribution in [2.75, 3.05) is 20.2 Å². The lowest BCUT2D eigenvalue weighted by Crippen LogP contribution is -2.39. The van der Waals surface area contributed by atoms with E-state index < -0.39 is 5.41 Å². The Balaban J connectivity index is 2.39. The first kappa shape index (κ1) is 11.4. The number of carbonyl (C=O) groups is 1. The first-order valence-electron chi connectivity index (χ1n) is 5.24. The molecule has 0 saturated carbocycles. The van der Waals surface area contributed by atoms with Gasteiger partial charge in [-0.2, -0.15) is 0 Å². The number of carbonyl (C=O) groups excluding carboxylic acids is 1. The van der Waals surface area contributed by atoms with Crippen LogP contribution in [0.3, 0.4) is 0 Å². The number of methoxy groups -OCH3 is 1. The molecule has 3 nitrogen and oxygen atoms in total. The van der Waals surface area contributed by atoms with E-state index in [2.05, 4.69) is 5.32 Å². The van der Waals surface area contributed by atoms with Gasteiger partial charge in [0, 0.05) is 11.6 Å². The van der Waals surface area contributed by atoms with Crippen molar-refractivity contribution in [2.45, 2.75) is 11.8 Å². The summed E-state index contributed by atoms with van der Waals surface area (Å²) < 4.78 is 4.91. The van der Waals surface area contributed by atoms with Crippen molar-refractivity contribution in [3.63, 3.8) is 0 Å². The number of hydrogen-bond acceptors (Lipinski definition) is 3. The number of ether oxygens (including phenoxy) is 1. The Hall–Kier alpha value is -1.06. The lowest BCUT2D eigenvalue weighted by molar-refractivity contribution is -0.146. The quantitative estimate of drug-likeness (QED) is 0.799. The summed E-state index contributed by atoms with van der Waals surface area (Å²) in [5, 5.41) is 3.88. The highest BCUT2D eigenvalue weighted by Gasteiger charge is 2.43. The molecule has 0 aromatic heterocycles. The summed E-state index contributed by atoms with van der Waals surface area (Å²) in [6.45, 7) is 1.46. The second kappa shape index (κ2) is 4.44. The molecular formula is C12H14ClNO2. The molecule has 1 aliphatic heterocycles. The van der Waals surface area contributed by atoms with Crippen LogP contribution in [-0.2, 0) is 14.9 Å². The van der Waals surface area contributed by atoms with Crippen LogP contribution in [-0.4, -0.2) is 26.2 Å². The molecule has 1 N–H and O–H groups in total. The van der Waals surface area contributed by atoms with Crippen LogP contribution in [0.5, 0.6) is 0 Å². The van der Waals surface area contributed by atoms with Crippen LogP contribution in [0.2, 0.25) is 5.02 Å². The SMILES string of the molecule is COC(=O)C1(c2ccc(Cl)cc2)CCNC1. The van der Waals surface area contributed by atoms with Crippen molar-refractivity contribution in [3.8, 4) is 0 Å². The Bertz CT molecular complexity index is 383. The van der Waals surface area contributed by atoms with Crippen molar-refractivity contribution in [1.82, 2.24) is 5.32 Å². The van der Waals surface area contributed by atoms with Gasteiger partial charge in [-0.3, -0.25) is 4.79 Å². The molecule has 1 unspecified atom stereocenters. The molecule has 1 saturated heterocycles. The number of halogens is 1. The van der Waals surface area contributed by atoms with Gasteiger partial charge in [-0.25, -0.2) is 0 Å². The first-order valence-corrected chi connectivity index (χ1v) is 5.62. The van der Waals surface area contributed by atoms with Gasteiger partial charge in [0.2, 0.25) is 0 Å². The van der Waals surface area contributed by atoms with E-state index in [-0.39, 0.29) is 5.97 Å². The Labute approximate surface area is 99.7 Å². The molecule has 1 fully saturated rings. The van der Waals surface area contributed by atoms with E-state index >= 15 is 0 Å². The number of nitrogens with one attached hydrogen (secondary N) is 1. The molecule has 0 amide bonds. The van der Waals surface area contributed by atoms with Crippen LogP contribution in [0.4, 0.5) is 0 Å². The van der Waals surface area contributed by atoms with Gasteiger partial charge in [-0.05, 0) is 30.7 Å². The minimum Gasteiger partial charge on any atom is -0.468 e. The van der Waals surface area contributed by atoms with Crippen molar-refractivity contribution < 1.29 is 9.53 Å². The van der Waals surface area contributed by atoms with Gasteiger partial charge in [0.15, 0.2) is 0 Å². The maximum atomic E-state index is 11.9. The van der Waals surface area contributed by atoms with Crippen molar-refractivity contribution in [2.24, 2.45) is 0 Å². The van der Waals surface area contributed by atoms with Crippen LogP contribution in [0.25, 0.3) is 0 Å². The van der Waals surface area contributed by atoms with Crippen LogP contribution in [0, 0.1) is 0 Å². The maximum absolute atomic E-state index is 11.9. The molecule has 86 valence electrons. The minimum atomic E-state index is -0.542. The van der Waals surface area contributed by atoms with Crippen LogP contribution in [0.15, 0.2) is 24.3 Å². The Morgan fingerprint density at radius 2 is 2.12 bits per heavy atom. The molecule has 2 rings (SSSR count). The van der Waals surface area contributed by atoms with Gasteiger partial charge in [0.05, 0.1) is 7.11 Å². The van der Waals surface area contributed by atoms with Crippen LogP contribution in [0.1, 0.15) is 12.0 Å². The number of hydrogen-bond donors (Lipinski definition) is 1. The summed E-state index contributed by atoms with van der Waals surface area (Å²) in [5.74, 6) is -0.181. The smallest absolute Gasteiger partial charge is 0.317 e. The molecule has 0 aliphatic carbocycles. The Morgan fingerprint density at radius 1 is 1.44 bits per heavy atom. The average Bonchev–Trinajstić information content (AvgIpc) is 2.79. The van der Waals surface area contributed by atoms with Crippen molar-refractivity contribution in [1.29, 1.82) is 0 Å². The molecule has 0 spiro atoms. The normalized spacial score (nSPS) is 24.4. The fraction of sp³-hybridized carbons (Fsp3) is 0.417. The second-order valence-corrected chi connectivity index (χ2v) is 4.44. The van der Waals surface area contributed by atoms with Gasteiger partial charge in [-0.1, -0.05) is 23.7 Å². The van der Waals surface area contributed by atoms with Gasteiger partial charge in [0.25, 0.3) is 0 Å². The number of esters is 1. The van der Waals surface area contributed by atoms with Crippen molar-refractivity contribution >= 4 is 17.6 Å². The highest BCUT2D eigenvalue weighted by atomic mass is 35.5. The molecule has 0 radical (unpaired) electrons. The predicted molar refractivity (Wildman–Crippen MR) is 62.6 cm³/mol. The van der Waals surface area contributed by atoms with E-state index in [9.17, 15) is 4.79 Å². The van der Waals surface area contributed by atoms with Crippen molar-refractivity contribution in [3.05, 3.63) is 34.9 Å². The lowest BCUT2D eigenvalue weighted by Gasteiger charge is -2.25. The molecule has 1 aromatic carbocycles. The van der Waals surface area contributed by atoms with Crippen LogP contribution >= 0.6 is 11.6 Å². The van der Waals surface area contributed by atoms with Gasteiger partial charge < -0.3 is 10.1 Å². The fourth-order valence-corrected chi connectivity index (χ4v) is 2.32.